The van der Waals surface area contributed by atoms with E-state index in [0.717, 1.165) is 5.57 Å². The van der Waals surface area contributed by atoms with Crippen LogP contribution in [0.25, 0.3) is 0 Å². The zero-order valence-electron chi connectivity index (χ0n) is 6.17. The van der Waals surface area contributed by atoms with Crippen LogP contribution in [0, 0.1) is 0 Å². The molecular formula is C8H12N2. The molecule has 0 saturated carbocycles. The van der Waals surface area contributed by atoms with Gasteiger partial charge in [0.05, 0.1) is 0 Å². The van der Waals surface area contributed by atoms with Crippen molar-refractivity contribution in [3.05, 3.63) is 37.1 Å². The fraction of sp³-hybridized carbons (Fsp3) is 0.125. The van der Waals surface area contributed by atoms with Gasteiger partial charge in [-0.3, -0.25) is 5.43 Å². The van der Waals surface area contributed by atoms with Crippen molar-refractivity contribution in [2.45, 2.75) is 6.92 Å². The molecule has 0 aromatic carbocycles. The molecule has 2 nitrogen and oxygen atoms in total. The molecule has 0 spiro atoms. The third-order valence-corrected chi connectivity index (χ3v) is 0.838. The van der Waals surface area contributed by atoms with Gasteiger partial charge in [-0.25, -0.2) is 0 Å². The fourth-order valence-corrected chi connectivity index (χ4v) is 0.330. The molecule has 0 rings (SSSR count). The molecule has 2 heteroatoms. The summed E-state index contributed by atoms with van der Waals surface area (Å²) in [6.45, 7) is 9.05. The normalized spacial score (nSPS) is 10.5. The standard InChI is InChI=1S/C8H12N2/c1-4-8(3)6-7-10-9-5-2/h4-7,10H,1,3H2,2H3/b7-6-,9-5-. The van der Waals surface area contributed by atoms with Crippen LogP contribution in [0.4, 0.5) is 0 Å². The largest absolute Gasteiger partial charge is 0.286 e. The number of nitrogens with zero attached hydrogens (tertiary/aromatic N) is 1. The second-order valence-corrected chi connectivity index (χ2v) is 1.63. The first kappa shape index (κ1) is 8.69. The van der Waals surface area contributed by atoms with E-state index in [-0.39, 0.29) is 0 Å². The van der Waals surface area contributed by atoms with Crippen molar-refractivity contribution in [1.82, 2.24) is 5.43 Å². The van der Waals surface area contributed by atoms with Crippen LogP contribution in [0.5, 0.6) is 0 Å². The number of rotatable bonds is 4. The Morgan fingerprint density at radius 2 is 2.30 bits per heavy atom. The lowest BCUT2D eigenvalue weighted by atomic mass is 10.3. The van der Waals surface area contributed by atoms with E-state index in [1.165, 1.54) is 0 Å². The summed E-state index contributed by atoms with van der Waals surface area (Å²) in [7, 11) is 0. The van der Waals surface area contributed by atoms with Crippen molar-refractivity contribution in [3.63, 3.8) is 0 Å². The summed E-state index contributed by atoms with van der Waals surface area (Å²) in [6.07, 6.45) is 6.83. The number of hydrogen-bond acceptors (Lipinski definition) is 2. The minimum absolute atomic E-state index is 0.860. The Morgan fingerprint density at radius 3 is 2.80 bits per heavy atom. The van der Waals surface area contributed by atoms with E-state index in [4.69, 9.17) is 0 Å². The predicted octanol–water partition coefficient (Wildman–Crippen LogP) is 1.84. The molecule has 0 unspecified atom stereocenters. The second-order valence-electron chi connectivity index (χ2n) is 1.63. The van der Waals surface area contributed by atoms with Gasteiger partial charge in [0.1, 0.15) is 0 Å². The maximum atomic E-state index is 3.74. The maximum absolute atomic E-state index is 3.74. The van der Waals surface area contributed by atoms with Gasteiger partial charge in [-0.2, -0.15) is 5.10 Å². The Labute approximate surface area is 61.6 Å². The minimum Gasteiger partial charge on any atom is -0.286 e. The van der Waals surface area contributed by atoms with E-state index in [1.54, 1.807) is 24.6 Å². The molecule has 1 N–H and O–H groups in total. The van der Waals surface area contributed by atoms with Gasteiger partial charge in [-0.1, -0.05) is 19.2 Å². The summed E-state index contributed by atoms with van der Waals surface area (Å²) in [4.78, 5) is 0. The molecule has 0 fully saturated rings. The summed E-state index contributed by atoms with van der Waals surface area (Å²) in [6, 6.07) is 0. The quantitative estimate of drug-likeness (QED) is 0.356. The number of allylic oxidation sites excluding steroid dienone is 3. The van der Waals surface area contributed by atoms with Crippen LogP contribution in [0.2, 0.25) is 0 Å². The average Bonchev–Trinajstić information content (AvgIpc) is 1.98. The molecular weight excluding hydrogens is 124 g/mol. The third-order valence-electron chi connectivity index (χ3n) is 0.838. The highest BCUT2D eigenvalue weighted by Gasteiger charge is 1.73. The SMILES string of the molecule is C=CC(=C)/C=C\N/N=C\C. The predicted molar refractivity (Wildman–Crippen MR) is 45.8 cm³/mol. The summed E-state index contributed by atoms with van der Waals surface area (Å²) in [5.41, 5.74) is 3.54. The first-order valence-electron chi connectivity index (χ1n) is 3.02. The first-order chi connectivity index (χ1) is 4.81. The van der Waals surface area contributed by atoms with Crippen LogP contribution < -0.4 is 5.43 Å². The molecule has 0 aromatic heterocycles. The van der Waals surface area contributed by atoms with Crippen molar-refractivity contribution in [2.24, 2.45) is 5.10 Å². The minimum atomic E-state index is 0.860. The smallest absolute Gasteiger partial charge is 0.0215 e. The highest BCUT2D eigenvalue weighted by atomic mass is 15.3. The molecule has 0 atom stereocenters. The topological polar surface area (TPSA) is 24.4 Å². The molecule has 0 aliphatic carbocycles. The van der Waals surface area contributed by atoms with Crippen molar-refractivity contribution in [3.8, 4) is 0 Å². The summed E-state index contributed by atoms with van der Waals surface area (Å²) in [5, 5.41) is 3.74. The van der Waals surface area contributed by atoms with Gasteiger partial charge < -0.3 is 0 Å². The van der Waals surface area contributed by atoms with Gasteiger partial charge in [-0.15, -0.1) is 0 Å². The van der Waals surface area contributed by atoms with Gasteiger partial charge in [0.15, 0.2) is 0 Å². The third kappa shape index (κ3) is 4.84. The van der Waals surface area contributed by atoms with Gasteiger partial charge in [-0.05, 0) is 18.6 Å². The van der Waals surface area contributed by atoms with Crippen LogP contribution in [0.15, 0.2) is 42.2 Å². The van der Waals surface area contributed by atoms with E-state index >= 15 is 0 Å². The van der Waals surface area contributed by atoms with Crippen molar-refractivity contribution < 1.29 is 0 Å². The van der Waals surface area contributed by atoms with Crippen LogP contribution in [0.3, 0.4) is 0 Å². The molecule has 0 aliphatic heterocycles. The molecule has 0 radical (unpaired) electrons. The van der Waals surface area contributed by atoms with E-state index in [2.05, 4.69) is 23.7 Å². The van der Waals surface area contributed by atoms with Crippen LogP contribution >= 0.6 is 0 Å². The van der Waals surface area contributed by atoms with E-state index < -0.39 is 0 Å². The highest BCUT2D eigenvalue weighted by molar-refractivity contribution is 5.52. The molecule has 10 heavy (non-hydrogen) atoms. The lowest BCUT2D eigenvalue weighted by molar-refractivity contribution is 0.973. The first-order valence-corrected chi connectivity index (χ1v) is 3.02. The molecule has 0 aromatic rings. The Hall–Kier alpha value is -1.31. The van der Waals surface area contributed by atoms with Gasteiger partial charge >= 0.3 is 0 Å². The van der Waals surface area contributed by atoms with E-state index in [0.29, 0.717) is 0 Å². The molecule has 0 heterocycles. The van der Waals surface area contributed by atoms with E-state index in [9.17, 15) is 0 Å². The molecule has 0 saturated heterocycles. The lowest BCUT2D eigenvalue weighted by Gasteiger charge is -1.87. The fourth-order valence-electron chi connectivity index (χ4n) is 0.330. The summed E-state index contributed by atoms with van der Waals surface area (Å²) in [5.74, 6) is 0. The molecule has 54 valence electrons. The summed E-state index contributed by atoms with van der Waals surface area (Å²) < 4.78 is 0. The Balaban J connectivity index is 3.55. The Bertz CT molecular complexity index is 166. The van der Waals surface area contributed by atoms with Crippen LogP contribution in [-0.4, -0.2) is 6.21 Å². The van der Waals surface area contributed by atoms with E-state index in [1.807, 2.05) is 6.92 Å². The molecule has 0 aliphatic rings. The number of hydrogen-bond donors (Lipinski definition) is 1. The highest BCUT2D eigenvalue weighted by Crippen LogP contribution is 1.89. The second kappa shape index (κ2) is 5.82. The Kier molecular flexibility index (Phi) is 5.06. The van der Waals surface area contributed by atoms with Crippen molar-refractivity contribution in [1.29, 1.82) is 0 Å². The molecule has 0 amide bonds. The van der Waals surface area contributed by atoms with Gasteiger partial charge in [0.25, 0.3) is 0 Å². The van der Waals surface area contributed by atoms with Crippen molar-refractivity contribution >= 4 is 6.21 Å². The van der Waals surface area contributed by atoms with Gasteiger partial charge in [0, 0.05) is 12.4 Å². The lowest BCUT2D eigenvalue weighted by Crippen LogP contribution is -1.91. The Morgan fingerprint density at radius 1 is 1.60 bits per heavy atom. The van der Waals surface area contributed by atoms with Gasteiger partial charge in [0.2, 0.25) is 0 Å². The number of hydrazone groups is 1. The average molecular weight is 136 g/mol. The maximum Gasteiger partial charge on any atom is 0.0215 e. The summed E-state index contributed by atoms with van der Waals surface area (Å²) >= 11 is 0. The van der Waals surface area contributed by atoms with Crippen LogP contribution in [0.1, 0.15) is 6.92 Å². The van der Waals surface area contributed by atoms with Crippen molar-refractivity contribution in [2.75, 3.05) is 0 Å². The zero-order valence-corrected chi connectivity index (χ0v) is 6.17. The van der Waals surface area contributed by atoms with Crippen LogP contribution in [-0.2, 0) is 0 Å². The zero-order chi connectivity index (χ0) is 7.82. The monoisotopic (exact) mass is 136 g/mol. The molecule has 0 bridgehead atoms. The number of nitrogens with one attached hydrogen (secondary N) is 1.